The van der Waals surface area contributed by atoms with Crippen molar-refractivity contribution in [2.45, 2.75) is 0 Å². The van der Waals surface area contributed by atoms with E-state index in [1.807, 2.05) is 0 Å². The average molecular weight is 370 g/mol. The Kier molecular flexibility index (Phi) is 6.65. The van der Waals surface area contributed by atoms with Crippen molar-refractivity contribution in [3.8, 4) is 11.6 Å². The number of nitrogens with two attached hydrogens (primary N) is 1. The lowest BCUT2D eigenvalue weighted by molar-refractivity contribution is 0.0974. The largest absolute Gasteiger partial charge is 0.491 e. The standard InChI is InChI=1S/C13H14N4O3.CH4O3S/c1-19-10-9(11(18)17-13(14)15)7-5-3-4-6-8(7)16-12(10)20-2;1-5(2,3)4/h3-6H,1-2H3,(H4,14,15,17,18);1H3,(H,2,3,4). The van der Waals surface area contributed by atoms with E-state index < -0.39 is 22.0 Å². The number of fused-ring (bicyclic) bond motifs is 1. The summed E-state index contributed by atoms with van der Waals surface area (Å²) in [6.07, 6.45) is 0.715. The average Bonchev–Trinajstić information content (AvgIpc) is 2.50. The summed E-state index contributed by atoms with van der Waals surface area (Å²) in [6, 6.07) is 7.07. The minimum absolute atomic E-state index is 0.194. The van der Waals surface area contributed by atoms with Crippen LogP contribution in [0.3, 0.4) is 0 Å². The number of hydrogen-bond donors (Lipinski definition) is 4. The van der Waals surface area contributed by atoms with Crippen molar-refractivity contribution in [1.29, 1.82) is 5.41 Å². The highest BCUT2D eigenvalue weighted by Crippen LogP contribution is 2.34. The zero-order valence-corrected chi connectivity index (χ0v) is 14.5. The van der Waals surface area contributed by atoms with Gasteiger partial charge in [0.1, 0.15) is 0 Å². The van der Waals surface area contributed by atoms with Gasteiger partial charge in [-0.3, -0.25) is 20.1 Å². The Balaban J connectivity index is 0.000000550. The van der Waals surface area contributed by atoms with Crippen molar-refractivity contribution in [2.75, 3.05) is 20.5 Å². The summed E-state index contributed by atoms with van der Waals surface area (Å²) < 4.78 is 36.2. The molecule has 0 saturated carbocycles. The maximum absolute atomic E-state index is 12.2. The maximum Gasteiger partial charge on any atom is 0.262 e. The molecule has 0 aliphatic heterocycles. The molecule has 2 rings (SSSR count). The number of benzene rings is 1. The number of nitrogens with zero attached hydrogens (tertiary/aromatic N) is 1. The highest BCUT2D eigenvalue weighted by Gasteiger charge is 2.22. The van der Waals surface area contributed by atoms with Crippen LogP contribution in [0.5, 0.6) is 11.6 Å². The van der Waals surface area contributed by atoms with E-state index in [1.165, 1.54) is 14.2 Å². The van der Waals surface area contributed by atoms with Gasteiger partial charge >= 0.3 is 0 Å². The molecule has 0 aliphatic rings. The molecule has 0 fully saturated rings. The number of para-hydroxylation sites is 1. The first kappa shape index (κ1) is 20.1. The molecule has 1 aromatic heterocycles. The fourth-order valence-corrected chi connectivity index (χ4v) is 1.91. The van der Waals surface area contributed by atoms with Crippen molar-refractivity contribution in [2.24, 2.45) is 5.73 Å². The highest BCUT2D eigenvalue weighted by atomic mass is 32.2. The number of hydrogen-bond acceptors (Lipinski definition) is 7. The van der Waals surface area contributed by atoms with E-state index in [0.717, 1.165) is 0 Å². The van der Waals surface area contributed by atoms with Gasteiger partial charge in [-0.1, -0.05) is 18.2 Å². The number of guanidine groups is 1. The van der Waals surface area contributed by atoms with Crippen LogP contribution in [-0.2, 0) is 10.1 Å². The van der Waals surface area contributed by atoms with Gasteiger partial charge in [-0.05, 0) is 6.07 Å². The minimum atomic E-state index is -3.67. The normalized spacial score (nSPS) is 10.4. The Morgan fingerprint density at radius 1 is 1.28 bits per heavy atom. The van der Waals surface area contributed by atoms with E-state index in [0.29, 0.717) is 17.2 Å². The van der Waals surface area contributed by atoms with Crippen molar-refractivity contribution in [3.63, 3.8) is 0 Å². The highest BCUT2D eigenvalue weighted by molar-refractivity contribution is 7.85. The van der Waals surface area contributed by atoms with Crippen molar-refractivity contribution >= 4 is 32.9 Å². The second-order valence-electron chi connectivity index (χ2n) is 4.65. The van der Waals surface area contributed by atoms with E-state index in [1.54, 1.807) is 24.3 Å². The lowest BCUT2D eigenvalue weighted by atomic mass is 10.1. The number of methoxy groups -OCH3 is 2. The Labute approximate surface area is 144 Å². The van der Waals surface area contributed by atoms with Crippen LogP contribution in [0.2, 0.25) is 0 Å². The van der Waals surface area contributed by atoms with E-state index in [2.05, 4.69) is 10.3 Å². The molecular weight excluding hydrogens is 352 g/mol. The fourth-order valence-electron chi connectivity index (χ4n) is 1.91. The Morgan fingerprint density at radius 3 is 2.32 bits per heavy atom. The van der Waals surface area contributed by atoms with E-state index in [-0.39, 0.29) is 17.2 Å². The molecule has 25 heavy (non-hydrogen) atoms. The molecule has 11 heteroatoms. The molecule has 1 heterocycles. The van der Waals surface area contributed by atoms with Crippen LogP contribution < -0.4 is 20.5 Å². The molecule has 0 unspecified atom stereocenters. The second-order valence-corrected chi connectivity index (χ2v) is 6.11. The van der Waals surface area contributed by atoms with Gasteiger partial charge in [-0.15, -0.1) is 0 Å². The van der Waals surface area contributed by atoms with Crippen molar-refractivity contribution in [3.05, 3.63) is 29.8 Å². The summed E-state index contributed by atoms with van der Waals surface area (Å²) in [5.41, 5.74) is 6.01. The predicted molar refractivity (Wildman–Crippen MR) is 91.7 cm³/mol. The van der Waals surface area contributed by atoms with Gasteiger partial charge < -0.3 is 15.2 Å². The molecule has 0 bridgehead atoms. The van der Waals surface area contributed by atoms with Gasteiger partial charge in [0.05, 0.1) is 31.6 Å². The van der Waals surface area contributed by atoms with Crippen LogP contribution in [0.4, 0.5) is 0 Å². The maximum atomic E-state index is 12.2. The molecule has 0 aliphatic carbocycles. The quantitative estimate of drug-likeness (QED) is 0.342. The molecule has 0 atom stereocenters. The molecule has 136 valence electrons. The summed E-state index contributed by atoms with van der Waals surface area (Å²) >= 11 is 0. The molecule has 1 aromatic carbocycles. The summed E-state index contributed by atoms with van der Waals surface area (Å²) in [5, 5.41) is 9.99. The Hall–Kier alpha value is -2.92. The molecular formula is C14H18N4O6S. The first-order valence-electron chi connectivity index (χ1n) is 6.67. The van der Waals surface area contributed by atoms with Gasteiger partial charge in [-0.2, -0.15) is 8.42 Å². The van der Waals surface area contributed by atoms with Crippen LogP contribution in [0.1, 0.15) is 10.4 Å². The molecule has 0 saturated heterocycles. The molecule has 0 spiro atoms. The third-order valence-electron chi connectivity index (χ3n) is 2.69. The zero-order valence-electron chi connectivity index (χ0n) is 13.7. The number of carbonyl (C=O) groups excluding carboxylic acids is 1. The molecule has 10 nitrogen and oxygen atoms in total. The van der Waals surface area contributed by atoms with Gasteiger partial charge in [0.15, 0.2) is 11.7 Å². The Bertz CT molecular complexity index is 890. The number of ether oxygens (including phenoxy) is 2. The van der Waals surface area contributed by atoms with Crippen LogP contribution in [0.15, 0.2) is 24.3 Å². The first-order valence-corrected chi connectivity index (χ1v) is 8.51. The molecule has 5 N–H and O–H groups in total. The number of rotatable bonds is 3. The van der Waals surface area contributed by atoms with Crippen LogP contribution in [0, 0.1) is 5.41 Å². The smallest absolute Gasteiger partial charge is 0.262 e. The number of nitrogens with one attached hydrogen (secondary N) is 2. The summed E-state index contributed by atoms with van der Waals surface area (Å²) in [4.78, 5) is 16.5. The van der Waals surface area contributed by atoms with Gasteiger partial charge in [-0.25, -0.2) is 4.98 Å². The molecule has 1 amide bonds. The van der Waals surface area contributed by atoms with E-state index in [4.69, 9.17) is 25.2 Å². The third kappa shape index (κ3) is 5.90. The summed E-state index contributed by atoms with van der Waals surface area (Å²) in [7, 11) is -0.814. The number of carbonyl (C=O) groups is 1. The first-order chi connectivity index (χ1) is 11.6. The molecule has 2 aromatic rings. The fraction of sp³-hybridized carbons (Fsp3) is 0.214. The second kappa shape index (κ2) is 8.26. The Morgan fingerprint density at radius 2 is 1.84 bits per heavy atom. The topological polar surface area (TPSA) is 165 Å². The number of pyridine rings is 1. The summed E-state index contributed by atoms with van der Waals surface area (Å²) in [6.45, 7) is 0. The SMILES string of the molecule is COc1nc2ccccc2c(C(=O)NC(=N)N)c1OC.CS(=O)(=O)O. The van der Waals surface area contributed by atoms with E-state index >= 15 is 0 Å². The zero-order chi connectivity index (χ0) is 19.2. The van der Waals surface area contributed by atoms with Crippen LogP contribution in [-0.4, -0.2) is 50.3 Å². The van der Waals surface area contributed by atoms with Crippen LogP contribution >= 0.6 is 0 Å². The summed E-state index contributed by atoms with van der Waals surface area (Å²) in [5.74, 6) is -0.604. The van der Waals surface area contributed by atoms with Gasteiger partial charge in [0, 0.05) is 5.39 Å². The number of amides is 1. The van der Waals surface area contributed by atoms with Crippen molar-refractivity contribution < 1.29 is 27.2 Å². The van der Waals surface area contributed by atoms with E-state index in [9.17, 15) is 13.2 Å². The third-order valence-corrected chi connectivity index (χ3v) is 2.69. The lowest BCUT2D eigenvalue weighted by Crippen LogP contribution is -2.36. The molecule has 0 radical (unpaired) electrons. The van der Waals surface area contributed by atoms with Gasteiger partial charge in [0.2, 0.25) is 0 Å². The van der Waals surface area contributed by atoms with Crippen LogP contribution in [0.25, 0.3) is 10.9 Å². The van der Waals surface area contributed by atoms with Gasteiger partial charge in [0.25, 0.3) is 21.9 Å². The lowest BCUT2D eigenvalue weighted by Gasteiger charge is -2.14. The predicted octanol–water partition coefficient (Wildman–Crippen LogP) is 0.379. The monoisotopic (exact) mass is 370 g/mol. The minimum Gasteiger partial charge on any atom is -0.491 e. The number of aromatic nitrogens is 1. The van der Waals surface area contributed by atoms with Crippen molar-refractivity contribution in [1.82, 2.24) is 10.3 Å².